The molecule has 1 aliphatic rings. The molecule has 3 N–H and O–H groups in total. The summed E-state index contributed by atoms with van der Waals surface area (Å²) in [7, 11) is 0. The zero-order valence-electron chi connectivity index (χ0n) is 14.9. The normalized spacial score (nSPS) is 16.3. The number of piperazine rings is 1. The molecule has 1 fully saturated rings. The molecule has 0 spiro atoms. The van der Waals surface area contributed by atoms with Gasteiger partial charge in [-0.1, -0.05) is 6.07 Å². The fraction of sp³-hybridized carbons (Fsp3) is 0.389. The first-order chi connectivity index (χ1) is 12.4. The van der Waals surface area contributed by atoms with Gasteiger partial charge in [0.15, 0.2) is 11.5 Å². The molecule has 0 aliphatic carbocycles. The zero-order valence-corrected chi connectivity index (χ0v) is 14.9. The molecule has 0 saturated carbocycles. The number of aromatic hydroxyl groups is 2. The molecule has 0 radical (unpaired) electrons. The minimum absolute atomic E-state index is 0.0966. The van der Waals surface area contributed by atoms with Crippen LogP contribution in [0.1, 0.15) is 25.5 Å². The topological polar surface area (TPSA) is 102 Å². The van der Waals surface area contributed by atoms with Crippen LogP contribution in [0, 0.1) is 0 Å². The summed E-state index contributed by atoms with van der Waals surface area (Å²) in [6.45, 7) is 6.77. The van der Waals surface area contributed by atoms with Gasteiger partial charge in [-0.25, -0.2) is 9.97 Å². The molecular weight excluding hydrogens is 334 g/mol. The predicted octanol–water partition coefficient (Wildman–Crippen LogP) is 1.73. The molecule has 1 aliphatic heterocycles. The average Bonchev–Trinajstić information content (AvgIpc) is 2.64. The van der Waals surface area contributed by atoms with Crippen molar-refractivity contribution in [3.05, 3.63) is 36.2 Å². The fourth-order valence-electron chi connectivity index (χ4n) is 3.07. The molecule has 8 heteroatoms. The van der Waals surface area contributed by atoms with E-state index in [2.05, 4.69) is 32.0 Å². The monoisotopic (exact) mass is 357 g/mol. The highest BCUT2D eigenvalue weighted by Crippen LogP contribution is 2.30. The first-order valence-electron chi connectivity index (χ1n) is 8.54. The van der Waals surface area contributed by atoms with Crippen LogP contribution in [0.5, 0.6) is 11.5 Å². The van der Waals surface area contributed by atoms with Gasteiger partial charge < -0.3 is 20.4 Å². The van der Waals surface area contributed by atoms with Crippen molar-refractivity contribution in [2.24, 2.45) is 0 Å². The minimum Gasteiger partial charge on any atom is -0.504 e. The number of nitrogens with one attached hydrogen (secondary N) is 1. The Balaban J connectivity index is 1.59. The van der Waals surface area contributed by atoms with Crippen molar-refractivity contribution < 1.29 is 15.0 Å². The maximum Gasteiger partial charge on any atom is 0.225 e. The number of nitrogens with zero attached hydrogens (tertiary/aromatic N) is 4. The highest BCUT2D eigenvalue weighted by molar-refractivity contribution is 5.88. The van der Waals surface area contributed by atoms with Crippen LogP contribution in [0.25, 0.3) is 0 Å². The zero-order chi connectivity index (χ0) is 18.7. The summed E-state index contributed by atoms with van der Waals surface area (Å²) in [5.74, 6) is 0.296. The lowest BCUT2D eigenvalue weighted by Gasteiger charge is -2.38. The number of carbonyl (C=O) groups is 1. The van der Waals surface area contributed by atoms with Gasteiger partial charge in [0, 0.05) is 39.1 Å². The number of phenolic OH excluding ortho intramolecular Hbond substituents is 2. The SMILES string of the molecule is CC(=O)Nc1cnc(N2CCN(C(C)c3ccc(O)c(O)c3)CC2)nc1. The van der Waals surface area contributed by atoms with Crippen LogP contribution in [0.15, 0.2) is 30.6 Å². The second kappa shape index (κ2) is 7.57. The molecule has 138 valence electrons. The Morgan fingerprint density at radius 1 is 1.12 bits per heavy atom. The molecule has 1 atom stereocenters. The Bertz CT molecular complexity index is 773. The number of benzene rings is 1. The summed E-state index contributed by atoms with van der Waals surface area (Å²) in [6, 6.07) is 5.08. The van der Waals surface area contributed by atoms with Gasteiger partial charge in [-0.2, -0.15) is 0 Å². The number of hydrogen-bond acceptors (Lipinski definition) is 7. The van der Waals surface area contributed by atoms with Crippen molar-refractivity contribution in [1.82, 2.24) is 14.9 Å². The van der Waals surface area contributed by atoms with Crippen LogP contribution in [0.2, 0.25) is 0 Å². The van der Waals surface area contributed by atoms with Gasteiger partial charge >= 0.3 is 0 Å². The summed E-state index contributed by atoms with van der Waals surface area (Å²) in [5.41, 5.74) is 1.55. The van der Waals surface area contributed by atoms with Crippen LogP contribution in [-0.2, 0) is 4.79 Å². The second-order valence-corrected chi connectivity index (χ2v) is 6.40. The van der Waals surface area contributed by atoms with Crippen LogP contribution >= 0.6 is 0 Å². The maximum atomic E-state index is 11.0. The number of hydrogen-bond donors (Lipinski definition) is 3. The number of aromatic nitrogens is 2. The molecule has 2 heterocycles. The molecule has 0 bridgehead atoms. The molecule has 8 nitrogen and oxygen atoms in total. The van der Waals surface area contributed by atoms with Crippen LogP contribution in [0.3, 0.4) is 0 Å². The van der Waals surface area contributed by atoms with Crippen LogP contribution in [0.4, 0.5) is 11.6 Å². The quantitative estimate of drug-likeness (QED) is 0.716. The third kappa shape index (κ3) is 4.02. The van der Waals surface area contributed by atoms with E-state index < -0.39 is 0 Å². The standard InChI is InChI=1S/C18H23N5O3/c1-12(14-3-4-16(25)17(26)9-14)22-5-7-23(8-6-22)18-19-10-15(11-20-18)21-13(2)24/h3-4,9-12,25-26H,5-8H2,1-2H3,(H,21,24). The average molecular weight is 357 g/mol. The lowest BCUT2D eigenvalue weighted by Crippen LogP contribution is -2.47. The summed E-state index contributed by atoms with van der Waals surface area (Å²) >= 11 is 0. The van der Waals surface area contributed by atoms with Gasteiger partial charge in [-0.3, -0.25) is 9.69 Å². The van der Waals surface area contributed by atoms with Gasteiger partial charge in [0.2, 0.25) is 11.9 Å². The number of amides is 1. The smallest absolute Gasteiger partial charge is 0.225 e. The minimum atomic E-state index is -0.149. The van der Waals surface area contributed by atoms with Gasteiger partial charge in [0.05, 0.1) is 18.1 Å². The van der Waals surface area contributed by atoms with Crippen molar-refractivity contribution >= 4 is 17.5 Å². The lowest BCUT2D eigenvalue weighted by atomic mass is 10.1. The molecule has 1 aromatic heterocycles. The van der Waals surface area contributed by atoms with Gasteiger partial charge in [-0.05, 0) is 24.6 Å². The Morgan fingerprint density at radius 3 is 2.35 bits per heavy atom. The number of anilines is 2. The predicted molar refractivity (Wildman–Crippen MR) is 98.3 cm³/mol. The fourth-order valence-corrected chi connectivity index (χ4v) is 3.07. The van der Waals surface area contributed by atoms with E-state index in [0.717, 1.165) is 31.7 Å². The highest BCUT2D eigenvalue weighted by Gasteiger charge is 2.23. The first-order valence-corrected chi connectivity index (χ1v) is 8.54. The van der Waals surface area contributed by atoms with Gasteiger partial charge in [0.25, 0.3) is 0 Å². The molecule has 1 saturated heterocycles. The Hall–Kier alpha value is -2.87. The molecule has 1 unspecified atom stereocenters. The van der Waals surface area contributed by atoms with E-state index in [9.17, 15) is 15.0 Å². The van der Waals surface area contributed by atoms with E-state index in [4.69, 9.17) is 0 Å². The summed E-state index contributed by atoms with van der Waals surface area (Å²) in [4.78, 5) is 24.1. The largest absolute Gasteiger partial charge is 0.504 e. The Morgan fingerprint density at radius 2 is 1.77 bits per heavy atom. The van der Waals surface area contributed by atoms with E-state index in [1.165, 1.54) is 13.0 Å². The number of rotatable bonds is 4. The molecule has 2 aromatic rings. The van der Waals surface area contributed by atoms with Crippen LogP contribution < -0.4 is 10.2 Å². The summed E-state index contributed by atoms with van der Waals surface area (Å²) < 4.78 is 0. The van der Waals surface area contributed by atoms with E-state index in [0.29, 0.717) is 11.6 Å². The Labute approximate surface area is 152 Å². The summed E-state index contributed by atoms with van der Waals surface area (Å²) in [6.07, 6.45) is 3.22. The van der Waals surface area contributed by atoms with E-state index >= 15 is 0 Å². The molecule has 1 amide bonds. The maximum absolute atomic E-state index is 11.0. The van der Waals surface area contributed by atoms with Gasteiger partial charge in [0.1, 0.15) is 0 Å². The number of carbonyl (C=O) groups excluding carboxylic acids is 1. The van der Waals surface area contributed by atoms with E-state index in [-0.39, 0.29) is 23.4 Å². The van der Waals surface area contributed by atoms with Crippen molar-refractivity contribution in [1.29, 1.82) is 0 Å². The van der Waals surface area contributed by atoms with Crippen LogP contribution in [-0.4, -0.2) is 57.2 Å². The third-order valence-corrected chi connectivity index (χ3v) is 4.59. The highest BCUT2D eigenvalue weighted by atomic mass is 16.3. The van der Waals surface area contributed by atoms with Crippen molar-refractivity contribution in [3.63, 3.8) is 0 Å². The second-order valence-electron chi connectivity index (χ2n) is 6.40. The molecule has 26 heavy (non-hydrogen) atoms. The molecule has 3 rings (SSSR count). The summed E-state index contributed by atoms with van der Waals surface area (Å²) in [5, 5.41) is 21.8. The van der Waals surface area contributed by atoms with Crippen molar-refractivity contribution in [2.75, 3.05) is 36.4 Å². The van der Waals surface area contributed by atoms with E-state index in [1.807, 2.05) is 6.07 Å². The Kier molecular flexibility index (Phi) is 5.22. The first kappa shape index (κ1) is 17.9. The molecular formula is C18H23N5O3. The van der Waals surface area contributed by atoms with Crippen molar-refractivity contribution in [3.8, 4) is 11.5 Å². The van der Waals surface area contributed by atoms with E-state index in [1.54, 1.807) is 18.5 Å². The van der Waals surface area contributed by atoms with Gasteiger partial charge in [-0.15, -0.1) is 0 Å². The lowest BCUT2D eigenvalue weighted by molar-refractivity contribution is -0.114. The third-order valence-electron chi connectivity index (χ3n) is 4.59. The van der Waals surface area contributed by atoms with Crippen molar-refractivity contribution in [2.45, 2.75) is 19.9 Å². The molecule has 1 aromatic carbocycles. The number of phenols is 2.